The Bertz CT molecular complexity index is 906. The van der Waals surface area contributed by atoms with Gasteiger partial charge in [0.15, 0.2) is 0 Å². The van der Waals surface area contributed by atoms with Gasteiger partial charge in [0.2, 0.25) is 0 Å². The van der Waals surface area contributed by atoms with Crippen molar-refractivity contribution >= 4 is 28.8 Å². The monoisotopic (exact) mass is 384 g/mol. The molecule has 0 bridgehead atoms. The van der Waals surface area contributed by atoms with Crippen LogP contribution < -0.4 is 10.1 Å². The number of hydrogen-bond donors (Lipinski definition) is 1. The number of ether oxygens (including phenoxy) is 1. The summed E-state index contributed by atoms with van der Waals surface area (Å²) in [5.74, 6) is 0.502. The number of rotatable bonds is 7. The maximum atomic E-state index is 12.0. The van der Waals surface area contributed by atoms with Crippen LogP contribution in [0.2, 0.25) is 5.02 Å². The molecule has 0 aliphatic heterocycles. The third-order valence-corrected chi connectivity index (χ3v) is 4.70. The molecule has 6 heteroatoms. The molecule has 1 heterocycles. The SMILES string of the molecule is C=CCNC(=O)c1csc(-c2ccccc2OCc2ccc(Cl)cc2)n1. The largest absolute Gasteiger partial charge is 0.488 e. The highest BCUT2D eigenvalue weighted by Gasteiger charge is 2.14. The summed E-state index contributed by atoms with van der Waals surface area (Å²) in [5, 5.41) is 5.89. The summed E-state index contributed by atoms with van der Waals surface area (Å²) in [6.07, 6.45) is 1.63. The van der Waals surface area contributed by atoms with Crippen LogP contribution in [0.5, 0.6) is 5.75 Å². The molecule has 3 rings (SSSR count). The minimum absolute atomic E-state index is 0.216. The minimum atomic E-state index is -0.216. The maximum Gasteiger partial charge on any atom is 0.271 e. The van der Waals surface area contributed by atoms with E-state index in [0.717, 1.165) is 21.9 Å². The lowest BCUT2D eigenvalue weighted by atomic mass is 10.2. The molecule has 0 unspecified atom stereocenters. The molecule has 0 radical (unpaired) electrons. The van der Waals surface area contributed by atoms with Gasteiger partial charge in [-0.25, -0.2) is 4.98 Å². The predicted molar refractivity (Wildman–Crippen MR) is 106 cm³/mol. The van der Waals surface area contributed by atoms with Crippen molar-refractivity contribution in [3.63, 3.8) is 0 Å². The Balaban J connectivity index is 1.76. The number of carbonyl (C=O) groups excluding carboxylic acids is 1. The van der Waals surface area contributed by atoms with Gasteiger partial charge in [-0.2, -0.15) is 0 Å². The van der Waals surface area contributed by atoms with Crippen molar-refractivity contribution in [2.75, 3.05) is 6.54 Å². The number of carbonyl (C=O) groups is 1. The van der Waals surface area contributed by atoms with Gasteiger partial charge in [-0.15, -0.1) is 17.9 Å². The Kier molecular flexibility index (Phi) is 6.04. The first kappa shape index (κ1) is 18.2. The van der Waals surface area contributed by atoms with Crippen molar-refractivity contribution < 1.29 is 9.53 Å². The molecule has 0 aliphatic rings. The number of halogens is 1. The summed E-state index contributed by atoms with van der Waals surface area (Å²) in [6, 6.07) is 15.2. The number of nitrogens with one attached hydrogen (secondary N) is 1. The van der Waals surface area contributed by atoms with Crippen molar-refractivity contribution in [1.29, 1.82) is 0 Å². The van der Waals surface area contributed by atoms with Crippen molar-refractivity contribution in [3.8, 4) is 16.3 Å². The van der Waals surface area contributed by atoms with E-state index < -0.39 is 0 Å². The van der Waals surface area contributed by atoms with E-state index in [1.807, 2.05) is 48.5 Å². The van der Waals surface area contributed by atoms with Crippen LogP contribution in [0.15, 0.2) is 66.6 Å². The molecule has 0 saturated carbocycles. The van der Waals surface area contributed by atoms with E-state index in [1.165, 1.54) is 11.3 Å². The molecule has 1 amide bonds. The van der Waals surface area contributed by atoms with Crippen molar-refractivity contribution in [3.05, 3.63) is 82.8 Å². The number of thiazole rings is 1. The second-order valence-corrected chi connectivity index (χ2v) is 6.74. The van der Waals surface area contributed by atoms with Gasteiger partial charge in [0, 0.05) is 16.9 Å². The summed E-state index contributed by atoms with van der Waals surface area (Å²) in [5.41, 5.74) is 2.27. The molecule has 0 aliphatic carbocycles. The van der Waals surface area contributed by atoms with Gasteiger partial charge in [-0.1, -0.05) is 41.9 Å². The van der Waals surface area contributed by atoms with E-state index in [0.29, 0.717) is 23.9 Å². The summed E-state index contributed by atoms with van der Waals surface area (Å²) >= 11 is 7.31. The Hall–Kier alpha value is -2.63. The zero-order valence-electron chi connectivity index (χ0n) is 13.9. The zero-order valence-corrected chi connectivity index (χ0v) is 15.5. The highest BCUT2D eigenvalue weighted by atomic mass is 35.5. The van der Waals surface area contributed by atoms with E-state index in [9.17, 15) is 4.79 Å². The molecule has 132 valence electrons. The van der Waals surface area contributed by atoms with Crippen LogP contribution >= 0.6 is 22.9 Å². The fourth-order valence-electron chi connectivity index (χ4n) is 2.27. The number of benzene rings is 2. The lowest BCUT2D eigenvalue weighted by molar-refractivity contribution is 0.0954. The average Bonchev–Trinajstić information content (AvgIpc) is 3.16. The highest BCUT2D eigenvalue weighted by molar-refractivity contribution is 7.13. The topological polar surface area (TPSA) is 51.2 Å². The number of hydrogen-bond acceptors (Lipinski definition) is 4. The van der Waals surface area contributed by atoms with Crippen LogP contribution in [0.1, 0.15) is 16.1 Å². The molecule has 0 fully saturated rings. The standard InChI is InChI=1S/C20H17ClN2O2S/c1-2-11-22-19(24)17-13-26-20(23-17)16-5-3-4-6-18(16)25-12-14-7-9-15(21)10-8-14/h2-10,13H,1,11-12H2,(H,22,24). The quantitative estimate of drug-likeness (QED) is 0.586. The fourth-order valence-corrected chi connectivity index (χ4v) is 3.22. The number of para-hydroxylation sites is 1. The van der Waals surface area contributed by atoms with Gasteiger partial charge in [0.1, 0.15) is 23.1 Å². The highest BCUT2D eigenvalue weighted by Crippen LogP contribution is 2.32. The first-order chi connectivity index (χ1) is 12.7. The third-order valence-electron chi connectivity index (χ3n) is 3.57. The van der Waals surface area contributed by atoms with E-state index in [1.54, 1.807) is 11.5 Å². The van der Waals surface area contributed by atoms with E-state index in [2.05, 4.69) is 16.9 Å². The second kappa shape index (κ2) is 8.65. The van der Waals surface area contributed by atoms with E-state index in [4.69, 9.17) is 16.3 Å². The second-order valence-electron chi connectivity index (χ2n) is 5.45. The van der Waals surface area contributed by atoms with Crippen LogP contribution in [-0.2, 0) is 6.61 Å². The summed E-state index contributed by atoms with van der Waals surface area (Å²) < 4.78 is 5.96. The van der Waals surface area contributed by atoms with Crippen molar-refractivity contribution in [1.82, 2.24) is 10.3 Å². The Morgan fingerprint density at radius 3 is 2.77 bits per heavy atom. The lowest BCUT2D eigenvalue weighted by Gasteiger charge is -2.10. The molecule has 2 aromatic carbocycles. The van der Waals surface area contributed by atoms with Gasteiger partial charge < -0.3 is 10.1 Å². The van der Waals surface area contributed by atoms with Gasteiger partial charge in [-0.05, 0) is 29.8 Å². The zero-order chi connectivity index (χ0) is 18.4. The predicted octanol–water partition coefficient (Wildman–Crippen LogP) is 4.96. The first-order valence-electron chi connectivity index (χ1n) is 7.98. The molecular formula is C20H17ClN2O2S. The van der Waals surface area contributed by atoms with Crippen molar-refractivity contribution in [2.45, 2.75) is 6.61 Å². The summed E-state index contributed by atoms with van der Waals surface area (Å²) in [6.45, 7) is 4.42. The van der Waals surface area contributed by atoms with Gasteiger partial charge in [0.25, 0.3) is 5.91 Å². The summed E-state index contributed by atoms with van der Waals surface area (Å²) in [4.78, 5) is 16.4. The molecule has 1 N–H and O–H groups in total. The lowest BCUT2D eigenvalue weighted by Crippen LogP contribution is -2.23. The first-order valence-corrected chi connectivity index (χ1v) is 9.24. The number of nitrogens with zero attached hydrogens (tertiary/aromatic N) is 1. The van der Waals surface area contributed by atoms with Crippen LogP contribution in [0.3, 0.4) is 0 Å². The van der Waals surface area contributed by atoms with Crippen LogP contribution in [0.25, 0.3) is 10.6 Å². The molecule has 0 atom stereocenters. The molecule has 26 heavy (non-hydrogen) atoms. The smallest absolute Gasteiger partial charge is 0.271 e. The van der Waals surface area contributed by atoms with E-state index in [-0.39, 0.29) is 5.91 Å². The Morgan fingerprint density at radius 1 is 1.23 bits per heavy atom. The normalized spacial score (nSPS) is 10.3. The van der Waals surface area contributed by atoms with Gasteiger partial charge in [0.05, 0.1) is 5.56 Å². The molecule has 3 aromatic rings. The van der Waals surface area contributed by atoms with Crippen LogP contribution in [0, 0.1) is 0 Å². The maximum absolute atomic E-state index is 12.0. The molecule has 4 nitrogen and oxygen atoms in total. The van der Waals surface area contributed by atoms with Crippen LogP contribution in [0.4, 0.5) is 0 Å². The number of amides is 1. The Morgan fingerprint density at radius 2 is 2.00 bits per heavy atom. The molecular weight excluding hydrogens is 368 g/mol. The average molecular weight is 385 g/mol. The van der Waals surface area contributed by atoms with Gasteiger partial charge >= 0.3 is 0 Å². The van der Waals surface area contributed by atoms with Crippen molar-refractivity contribution in [2.24, 2.45) is 0 Å². The molecule has 0 spiro atoms. The Labute approximate surface area is 161 Å². The molecule has 1 aromatic heterocycles. The van der Waals surface area contributed by atoms with Gasteiger partial charge in [-0.3, -0.25) is 4.79 Å². The number of aromatic nitrogens is 1. The molecule has 0 saturated heterocycles. The fraction of sp³-hybridized carbons (Fsp3) is 0.100. The minimum Gasteiger partial charge on any atom is -0.488 e. The van der Waals surface area contributed by atoms with E-state index >= 15 is 0 Å². The third kappa shape index (κ3) is 4.50. The summed E-state index contributed by atoms with van der Waals surface area (Å²) in [7, 11) is 0. The van der Waals surface area contributed by atoms with Crippen LogP contribution in [-0.4, -0.2) is 17.4 Å².